The molecule has 0 radical (unpaired) electrons. The second-order valence-electron chi connectivity index (χ2n) is 6.12. The minimum Gasteiger partial charge on any atom is -0.494 e. The number of aryl methyl sites for hydroxylation is 3. The minimum absolute atomic E-state index is 0.124. The number of nitrogens with zero attached hydrogens (tertiary/aromatic N) is 2. The summed E-state index contributed by atoms with van der Waals surface area (Å²) in [5.41, 5.74) is 4.36. The monoisotopic (exact) mass is 354 g/mol. The molecule has 0 saturated heterocycles. The van der Waals surface area contributed by atoms with Gasteiger partial charge in [0.05, 0.1) is 23.2 Å². The summed E-state index contributed by atoms with van der Waals surface area (Å²) in [7, 11) is 1.93. The molecule has 0 atom stereocenters. The average molecular weight is 354 g/mol. The number of aromatic nitrogens is 1. The maximum atomic E-state index is 12.4. The third-order valence-corrected chi connectivity index (χ3v) is 5.25. The molecular formula is C20H22N2O2S. The Hall–Kier alpha value is -2.40. The topological polar surface area (TPSA) is 43.6 Å². The van der Waals surface area contributed by atoms with Crippen molar-refractivity contribution in [2.24, 2.45) is 12.0 Å². The first-order chi connectivity index (χ1) is 12.0. The molecule has 1 amide bonds. The molecule has 0 saturated carbocycles. The highest BCUT2D eigenvalue weighted by Gasteiger charge is 2.08. The first kappa shape index (κ1) is 17.4. The molecule has 25 heavy (non-hydrogen) atoms. The van der Waals surface area contributed by atoms with Gasteiger partial charge in [-0.25, -0.2) is 0 Å². The van der Waals surface area contributed by atoms with Crippen molar-refractivity contribution in [1.82, 2.24) is 4.57 Å². The quantitative estimate of drug-likeness (QED) is 0.713. The predicted octanol–water partition coefficient (Wildman–Crippen LogP) is 3.93. The molecule has 3 rings (SSSR count). The molecule has 0 aliphatic rings. The number of thiazole rings is 1. The van der Waals surface area contributed by atoms with Gasteiger partial charge in [0.25, 0.3) is 5.91 Å². The number of ether oxygens (including phenoxy) is 1. The Kier molecular flexibility index (Phi) is 5.04. The largest absolute Gasteiger partial charge is 0.494 e. The molecule has 3 aromatic rings. The lowest BCUT2D eigenvalue weighted by atomic mass is 10.0. The van der Waals surface area contributed by atoms with Crippen molar-refractivity contribution in [1.29, 1.82) is 0 Å². The maximum absolute atomic E-state index is 12.4. The van der Waals surface area contributed by atoms with Gasteiger partial charge in [0.1, 0.15) is 5.75 Å². The highest BCUT2D eigenvalue weighted by molar-refractivity contribution is 7.16. The van der Waals surface area contributed by atoms with Gasteiger partial charge in [0.2, 0.25) is 0 Å². The van der Waals surface area contributed by atoms with E-state index in [-0.39, 0.29) is 5.91 Å². The number of hydrogen-bond acceptors (Lipinski definition) is 3. The summed E-state index contributed by atoms with van der Waals surface area (Å²) in [6, 6.07) is 12.1. The Morgan fingerprint density at radius 1 is 1.20 bits per heavy atom. The highest BCUT2D eigenvalue weighted by atomic mass is 32.1. The van der Waals surface area contributed by atoms with E-state index in [1.54, 1.807) is 0 Å². The van der Waals surface area contributed by atoms with E-state index in [0.29, 0.717) is 17.8 Å². The van der Waals surface area contributed by atoms with Crippen LogP contribution in [0.15, 0.2) is 41.4 Å². The molecule has 1 heterocycles. The van der Waals surface area contributed by atoms with Crippen molar-refractivity contribution < 1.29 is 9.53 Å². The predicted molar refractivity (Wildman–Crippen MR) is 102 cm³/mol. The van der Waals surface area contributed by atoms with Gasteiger partial charge in [-0.1, -0.05) is 35.1 Å². The Labute approximate surface area is 151 Å². The van der Waals surface area contributed by atoms with Crippen molar-refractivity contribution in [3.63, 3.8) is 0 Å². The van der Waals surface area contributed by atoms with Crippen LogP contribution in [-0.4, -0.2) is 17.1 Å². The highest BCUT2D eigenvalue weighted by Crippen LogP contribution is 2.22. The van der Waals surface area contributed by atoms with Gasteiger partial charge in [0.15, 0.2) is 4.80 Å². The third-order valence-electron chi connectivity index (χ3n) is 4.16. The van der Waals surface area contributed by atoms with Gasteiger partial charge in [-0.15, -0.1) is 0 Å². The normalized spacial score (nSPS) is 11.9. The van der Waals surface area contributed by atoms with Crippen LogP contribution in [-0.2, 0) is 18.3 Å². The SMILES string of the molecule is CCOc1ccc2c(c1)sc(=NC(=O)Cc1cc(C)ccc1C)n2C. The molecule has 0 aliphatic heterocycles. The molecule has 0 N–H and O–H groups in total. The molecule has 4 nitrogen and oxygen atoms in total. The summed E-state index contributed by atoms with van der Waals surface area (Å²) in [5.74, 6) is 0.714. The number of hydrogen-bond donors (Lipinski definition) is 0. The molecule has 0 bridgehead atoms. The zero-order chi connectivity index (χ0) is 18.0. The van der Waals surface area contributed by atoms with E-state index in [1.165, 1.54) is 11.3 Å². The molecule has 2 aromatic carbocycles. The molecule has 0 spiro atoms. The maximum Gasteiger partial charge on any atom is 0.252 e. The minimum atomic E-state index is -0.124. The van der Waals surface area contributed by atoms with Crippen LogP contribution >= 0.6 is 11.3 Å². The smallest absolute Gasteiger partial charge is 0.252 e. The van der Waals surface area contributed by atoms with Crippen LogP contribution in [0.25, 0.3) is 10.2 Å². The van der Waals surface area contributed by atoms with Crippen LogP contribution in [0.2, 0.25) is 0 Å². The van der Waals surface area contributed by atoms with Crippen molar-refractivity contribution in [3.8, 4) is 5.75 Å². The Morgan fingerprint density at radius 2 is 2.00 bits per heavy atom. The van der Waals surface area contributed by atoms with Gasteiger partial charge in [-0.2, -0.15) is 4.99 Å². The Balaban J connectivity index is 1.93. The number of benzene rings is 2. The summed E-state index contributed by atoms with van der Waals surface area (Å²) in [6.45, 7) is 6.66. The number of carbonyl (C=O) groups is 1. The lowest BCUT2D eigenvalue weighted by Gasteiger charge is -2.04. The number of fused-ring (bicyclic) bond motifs is 1. The van der Waals surface area contributed by atoms with Gasteiger partial charge in [-0.05, 0) is 50.1 Å². The van der Waals surface area contributed by atoms with E-state index in [1.807, 2.05) is 56.7 Å². The summed E-state index contributed by atoms with van der Waals surface area (Å²) in [6.07, 6.45) is 0.325. The molecule has 0 unspecified atom stereocenters. The van der Waals surface area contributed by atoms with E-state index in [9.17, 15) is 4.79 Å². The number of rotatable bonds is 4. The van der Waals surface area contributed by atoms with Crippen molar-refractivity contribution in [3.05, 3.63) is 57.9 Å². The van der Waals surface area contributed by atoms with Crippen LogP contribution in [0.3, 0.4) is 0 Å². The summed E-state index contributed by atoms with van der Waals surface area (Å²) >= 11 is 1.51. The van der Waals surface area contributed by atoms with Gasteiger partial charge < -0.3 is 9.30 Å². The van der Waals surface area contributed by atoms with Gasteiger partial charge in [-0.3, -0.25) is 4.79 Å². The van der Waals surface area contributed by atoms with Crippen molar-refractivity contribution >= 4 is 27.5 Å². The average Bonchev–Trinajstić information content (AvgIpc) is 2.87. The fraction of sp³-hybridized carbons (Fsp3) is 0.300. The zero-order valence-corrected chi connectivity index (χ0v) is 15.8. The van der Waals surface area contributed by atoms with E-state index in [4.69, 9.17) is 4.74 Å². The lowest BCUT2D eigenvalue weighted by molar-refractivity contribution is -0.117. The fourth-order valence-electron chi connectivity index (χ4n) is 2.78. The number of amides is 1. The van der Waals surface area contributed by atoms with Crippen molar-refractivity contribution in [2.45, 2.75) is 27.2 Å². The van der Waals surface area contributed by atoms with E-state index >= 15 is 0 Å². The molecule has 5 heteroatoms. The standard InChI is InChI=1S/C20H22N2O2S/c1-5-24-16-8-9-17-18(12-16)25-20(22(17)4)21-19(23)11-15-10-13(2)6-7-14(15)3/h6-10,12H,5,11H2,1-4H3. The van der Waals surface area contributed by atoms with Gasteiger partial charge in [0, 0.05) is 7.05 Å². The molecule has 0 aliphatic carbocycles. The van der Waals surface area contributed by atoms with Crippen LogP contribution in [0.4, 0.5) is 0 Å². The first-order valence-electron chi connectivity index (χ1n) is 8.34. The Morgan fingerprint density at radius 3 is 2.76 bits per heavy atom. The zero-order valence-electron chi connectivity index (χ0n) is 15.0. The molecular weight excluding hydrogens is 332 g/mol. The third kappa shape index (κ3) is 3.82. The summed E-state index contributed by atoms with van der Waals surface area (Å²) < 4.78 is 8.56. The molecule has 130 valence electrons. The fourth-order valence-corrected chi connectivity index (χ4v) is 3.84. The molecule has 1 aromatic heterocycles. The second-order valence-corrected chi connectivity index (χ2v) is 7.13. The van der Waals surface area contributed by atoms with Crippen LogP contribution in [0.1, 0.15) is 23.6 Å². The summed E-state index contributed by atoms with van der Waals surface area (Å²) in [5, 5.41) is 0. The van der Waals surface area contributed by atoms with E-state index in [2.05, 4.69) is 17.1 Å². The number of carbonyl (C=O) groups excluding carboxylic acids is 1. The van der Waals surface area contributed by atoms with Crippen LogP contribution in [0, 0.1) is 13.8 Å². The first-order valence-corrected chi connectivity index (χ1v) is 9.15. The van der Waals surface area contributed by atoms with E-state index < -0.39 is 0 Å². The lowest BCUT2D eigenvalue weighted by Crippen LogP contribution is -2.14. The van der Waals surface area contributed by atoms with E-state index in [0.717, 1.165) is 32.7 Å². The van der Waals surface area contributed by atoms with Gasteiger partial charge >= 0.3 is 0 Å². The molecule has 0 fully saturated rings. The Bertz CT molecular complexity index is 999. The van der Waals surface area contributed by atoms with Crippen LogP contribution < -0.4 is 9.54 Å². The summed E-state index contributed by atoms with van der Waals surface area (Å²) in [4.78, 5) is 17.5. The second kappa shape index (κ2) is 7.23. The van der Waals surface area contributed by atoms with Crippen molar-refractivity contribution in [2.75, 3.05) is 6.61 Å². The van der Waals surface area contributed by atoms with Crippen LogP contribution in [0.5, 0.6) is 5.75 Å².